The molecule has 1 rings (SSSR count). The molecule has 19 heavy (non-hydrogen) atoms. The van der Waals surface area contributed by atoms with Gasteiger partial charge in [-0.05, 0) is 39.2 Å². The predicted octanol–water partition coefficient (Wildman–Crippen LogP) is 2.70. The maximum Gasteiger partial charge on any atom is 0.0854 e. The third-order valence-electron chi connectivity index (χ3n) is 2.82. The highest BCUT2D eigenvalue weighted by molar-refractivity contribution is 7.05. The molecule has 1 aromatic rings. The molecule has 0 radical (unpaired) electrons. The summed E-state index contributed by atoms with van der Waals surface area (Å²) in [6.45, 7) is 17.1. The third kappa shape index (κ3) is 5.97. The maximum atomic E-state index is 4.26. The minimum Gasteiger partial charge on any atom is -0.311 e. The van der Waals surface area contributed by atoms with E-state index in [0.717, 1.165) is 18.8 Å². The van der Waals surface area contributed by atoms with Gasteiger partial charge in [0.05, 0.1) is 10.6 Å². The zero-order chi connectivity index (χ0) is 14.7. The van der Waals surface area contributed by atoms with Crippen LogP contribution in [0.5, 0.6) is 0 Å². The van der Waals surface area contributed by atoms with Gasteiger partial charge < -0.3 is 10.6 Å². The lowest BCUT2D eigenvalue weighted by Crippen LogP contribution is -2.44. The van der Waals surface area contributed by atoms with E-state index >= 15 is 0 Å². The standard InChI is InChI=1S/C14H28N4S/c1-10(8-16-14(5,6)7)15-9-11-12(13(2,3)4)17-18-19-11/h10,15-16H,8-9H2,1-7H3. The first-order valence-electron chi connectivity index (χ1n) is 6.90. The molecule has 0 aliphatic carbocycles. The van der Waals surface area contributed by atoms with Crippen molar-refractivity contribution in [3.05, 3.63) is 10.6 Å². The van der Waals surface area contributed by atoms with Gasteiger partial charge in [0.25, 0.3) is 0 Å². The van der Waals surface area contributed by atoms with Crippen molar-refractivity contribution in [2.45, 2.75) is 72.0 Å². The Hall–Kier alpha value is -0.520. The van der Waals surface area contributed by atoms with Crippen molar-refractivity contribution in [1.82, 2.24) is 20.2 Å². The first kappa shape index (κ1) is 16.5. The Balaban J connectivity index is 2.47. The van der Waals surface area contributed by atoms with Crippen molar-refractivity contribution in [1.29, 1.82) is 0 Å². The van der Waals surface area contributed by atoms with Crippen LogP contribution in [0.3, 0.4) is 0 Å². The van der Waals surface area contributed by atoms with E-state index in [-0.39, 0.29) is 11.0 Å². The number of nitrogens with zero attached hydrogens (tertiary/aromatic N) is 2. The van der Waals surface area contributed by atoms with Crippen LogP contribution in [0.1, 0.15) is 59.0 Å². The molecule has 110 valence electrons. The molecule has 0 spiro atoms. The van der Waals surface area contributed by atoms with Gasteiger partial charge in [-0.2, -0.15) is 0 Å². The van der Waals surface area contributed by atoms with Gasteiger partial charge in [-0.25, -0.2) is 0 Å². The second kappa shape index (κ2) is 6.29. The van der Waals surface area contributed by atoms with Gasteiger partial charge in [-0.15, -0.1) is 5.10 Å². The number of rotatable bonds is 5. The number of aromatic nitrogens is 2. The van der Waals surface area contributed by atoms with E-state index in [1.54, 1.807) is 0 Å². The minimum absolute atomic E-state index is 0.0664. The first-order chi connectivity index (χ1) is 8.59. The Bertz CT molecular complexity index is 387. The van der Waals surface area contributed by atoms with Crippen LogP contribution < -0.4 is 10.6 Å². The minimum atomic E-state index is 0.0664. The average Bonchev–Trinajstić information content (AvgIpc) is 2.70. The Morgan fingerprint density at radius 1 is 1.16 bits per heavy atom. The van der Waals surface area contributed by atoms with Crippen LogP contribution in [0.4, 0.5) is 0 Å². The molecule has 5 heteroatoms. The fourth-order valence-electron chi connectivity index (χ4n) is 1.69. The molecule has 1 aromatic heterocycles. The summed E-state index contributed by atoms with van der Waals surface area (Å²) in [7, 11) is 0. The van der Waals surface area contributed by atoms with Crippen molar-refractivity contribution >= 4 is 11.5 Å². The molecular formula is C14H28N4S. The van der Waals surface area contributed by atoms with Crippen LogP contribution in [0.15, 0.2) is 0 Å². The fourth-order valence-corrected chi connectivity index (χ4v) is 2.49. The Morgan fingerprint density at radius 2 is 1.79 bits per heavy atom. The highest BCUT2D eigenvalue weighted by Gasteiger charge is 2.22. The summed E-state index contributed by atoms with van der Waals surface area (Å²) in [6, 6.07) is 0.425. The van der Waals surface area contributed by atoms with Crippen LogP contribution in [0.25, 0.3) is 0 Å². The van der Waals surface area contributed by atoms with Crippen LogP contribution >= 0.6 is 11.5 Å². The zero-order valence-electron chi connectivity index (χ0n) is 13.3. The van der Waals surface area contributed by atoms with E-state index in [0.29, 0.717) is 6.04 Å². The molecule has 0 fully saturated rings. The highest BCUT2D eigenvalue weighted by atomic mass is 32.1. The first-order valence-corrected chi connectivity index (χ1v) is 7.67. The van der Waals surface area contributed by atoms with Crippen LogP contribution in [0.2, 0.25) is 0 Å². The zero-order valence-corrected chi connectivity index (χ0v) is 14.1. The molecule has 4 nitrogen and oxygen atoms in total. The smallest absolute Gasteiger partial charge is 0.0854 e. The van der Waals surface area contributed by atoms with Crippen LogP contribution in [-0.2, 0) is 12.0 Å². The van der Waals surface area contributed by atoms with Gasteiger partial charge in [0, 0.05) is 30.1 Å². The Labute approximate surface area is 121 Å². The van der Waals surface area contributed by atoms with Crippen molar-refractivity contribution in [2.24, 2.45) is 0 Å². The van der Waals surface area contributed by atoms with E-state index in [9.17, 15) is 0 Å². The second-order valence-electron chi connectivity index (χ2n) is 7.21. The van der Waals surface area contributed by atoms with Gasteiger partial charge in [0.1, 0.15) is 0 Å². The summed E-state index contributed by atoms with van der Waals surface area (Å²) < 4.78 is 4.09. The molecule has 0 saturated carbocycles. The van der Waals surface area contributed by atoms with E-state index in [2.05, 4.69) is 68.7 Å². The molecule has 0 bridgehead atoms. The SMILES string of the molecule is CC(CNC(C)(C)C)NCc1snnc1C(C)(C)C. The molecule has 0 amide bonds. The van der Waals surface area contributed by atoms with Crippen LogP contribution in [-0.4, -0.2) is 27.7 Å². The van der Waals surface area contributed by atoms with E-state index in [4.69, 9.17) is 0 Å². The predicted molar refractivity (Wildman–Crippen MR) is 82.7 cm³/mol. The third-order valence-corrected chi connectivity index (χ3v) is 3.54. The van der Waals surface area contributed by atoms with Gasteiger partial charge >= 0.3 is 0 Å². The lowest BCUT2D eigenvalue weighted by Gasteiger charge is -2.24. The normalized spacial score (nSPS) is 14.7. The summed E-state index contributed by atoms with van der Waals surface area (Å²) in [4.78, 5) is 1.25. The van der Waals surface area contributed by atoms with E-state index in [1.165, 1.54) is 16.4 Å². The number of hydrogen-bond donors (Lipinski definition) is 2. The monoisotopic (exact) mass is 284 g/mol. The maximum absolute atomic E-state index is 4.26. The molecule has 0 aliphatic heterocycles. The lowest BCUT2D eigenvalue weighted by atomic mass is 9.91. The van der Waals surface area contributed by atoms with Crippen LogP contribution in [0, 0.1) is 0 Å². The second-order valence-corrected chi connectivity index (χ2v) is 8.05. The Kier molecular flexibility index (Phi) is 5.47. The molecule has 2 N–H and O–H groups in total. The molecule has 1 atom stereocenters. The Morgan fingerprint density at radius 3 is 2.32 bits per heavy atom. The molecule has 0 saturated heterocycles. The summed E-state index contributed by atoms with van der Waals surface area (Å²) in [5, 5.41) is 11.3. The van der Waals surface area contributed by atoms with E-state index < -0.39 is 0 Å². The van der Waals surface area contributed by atoms with Crippen molar-refractivity contribution in [3.63, 3.8) is 0 Å². The lowest BCUT2D eigenvalue weighted by molar-refractivity contribution is 0.387. The van der Waals surface area contributed by atoms with Gasteiger partial charge in [-0.1, -0.05) is 25.3 Å². The highest BCUT2D eigenvalue weighted by Crippen LogP contribution is 2.25. The molecule has 1 heterocycles. The summed E-state index contributed by atoms with van der Waals surface area (Å²) in [5.74, 6) is 0. The van der Waals surface area contributed by atoms with Gasteiger partial charge in [0.15, 0.2) is 0 Å². The average molecular weight is 284 g/mol. The molecule has 1 unspecified atom stereocenters. The van der Waals surface area contributed by atoms with Crippen molar-refractivity contribution < 1.29 is 0 Å². The van der Waals surface area contributed by atoms with Gasteiger partial charge in [0.2, 0.25) is 0 Å². The molecular weight excluding hydrogens is 256 g/mol. The number of nitrogens with one attached hydrogen (secondary N) is 2. The molecule has 0 aromatic carbocycles. The van der Waals surface area contributed by atoms with E-state index in [1.807, 2.05) is 0 Å². The van der Waals surface area contributed by atoms with Gasteiger partial charge in [-0.3, -0.25) is 0 Å². The van der Waals surface area contributed by atoms with Crippen molar-refractivity contribution in [3.8, 4) is 0 Å². The summed E-state index contributed by atoms with van der Waals surface area (Å²) in [5.41, 5.74) is 1.34. The number of hydrogen-bond acceptors (Lipinski definition) is 5. The molecule has 0 aliphatic rings. The largest absolute Gasteiger partial charge is 0.311 e. The topological polar surface area (TPSA) is 49.8 Å². The summed E-state index contributed by atoms with van der Waals surface area (Å²) in [6.07, 6.45) is 0. The quantitative estimate of drug-likeness (QED) is 0.873. The fraction of sp³-hybridized carbons (Fsp3) is 0.857. The van der Waals surface area contributed by atoms with Crippen molar-refractivity contribution in [2.75, 3.05) is 6.54 Å². The summed E-state index contributed by atoms with van der Waals surface area (Å²) >= 11 is 1.50.